The summed E-state index contributed by atoms with van der Waals surface area (Å²) >= 11 is 0. The summed E-state index contributed by atoms with van der Waals surface area (Å²) in [6.07, 6.45) is 1.20. The molecule has 16 heavy (non-hydrogen) atoms. The molecule has 90 valence electrons. The number of hydrogen-bond acceptors (Lipinski definition) is 5. The zero-order chi connectivity index (χ0) is 12.0. The van der Waals surface area contributed by atoms with E-state index in [2.05, 4.69) is 15.5 Å². The van der Waals surface area contributed by atoms with E-state index in [1.807, 2.05) is 0 Å². The Labute approximate surface area is 93.3 Å². The summed E-state index contributed by atoms with van der Waals surface area (Å²) in [4.78, 5) is 11.6. The van der Waals surface area contributed by atoms with Gasteiger partial charge in [-0.25, -0.2) is 0 Å². The van der Waals surface area contributed by atoms with Crippen molar-refractivity contribution in [3.05, 3.63) is 11.9 Å². The number of methoxy groups -OCH3 is 2. The first-order chi connectivity index (χ1) is 7.69. The number of amides is 1. The van der Waals surface area contributed by atoms with Gasteiger partial charge < -0.3 is 20.5 Å². The molecule has 0 saturated heterocycles. The first-order valence-corrected chi connectivity index (χ1v) is 4.77. The maximum absolute atomic E-state index is 11.6. The van der Waals surface area contributed by atoms with Gasteiger partial charge >= 0.3 is 0 Å². The number of aromatic amines is 1. The lowest BCUT2D eigenvalue weighted by Gasteiger charge is -2.14. The molecule has 0 aliphatic rings. The molecule has 1 amide bonds. The number of nitrogen functional groups attached to an aromatic ring is 1. The average Bonchev–Trinajstić information content (AvgIpc) is 2.70. The number of nitrogens with zero attached hydrogens (tertiary/aromatic N) is 1. The second-order valence-electron chi connectivity index (χ2n) is 3.22. The Morgan fingerprint density at radius 1 is 1.69 bits per heavy atom. The zero-order valence-corrected chi connectivity index (χ0v) is 9.32. The second-order valence-corrected chi connectivity index (χ2v) is 3.22. The predicted molar refractivity (Wildman–Crippen MR) is 58.0 cm³/mol. The van der Waals surface area contributed by atoms with Crippen LogP contribution in [0.1, 0.15) is 10.5 Å². The van der Waals surface area contributed by atoms with Crippen molar-refractivity contribution in [1.82, 2.24) is 15.5 Å². The average molecular weight is 228 g/mol. The van der Waals surface area contributed by atoms with Gasteiger partial charge in [-0.05, 0) is 0 Å². The zero-order valence-electron chi connectivity index (χ0n) is 9.32. The highest BCUT2D eigenvalue weighted by molar-refractivity contribution is 5.96. The lowest BCUT2D eigenvalue weighted by molar-refractivity contribution is 0.0285. The summed E-state index contributed by atoms with van der Waals surface area (Å²) in [5.41, 5.74) is 6.10. The third-order valence-corrected chi connectivity index (χ3v) is 2.07. The summed E-state index contributed by atoms with van der Waals surface area (Å²) in [7, 11) is 3.13. The molecule has 1 rings (SSSR count). The lowest BCUT2D eigenvalue weighted by atomic mass is 10.3. The van der Waals surface area contributed by atoms with E-state index in [9.17, 15) is 4.79 Å². The fourth-order valence-electron chi connectivity index (χ4n) is 1.17. The molecule has 7 heteroatoms. The first kappa shape index (κ1) is 12.5. The molecule has 1 atom stereocenters. The highest BCUT2D eigenvalue weighted by Crippen LogP contribution is 2.05. The molecule has 0 saturated carbocycles. The monoisotopic (exact) mass is 228 g/mol. The normalized spacial score (nSPS) is 12.4. The summed E-state index contributed by atoms with van der Waals surface area (Å²) < 4.78 is 10.0. The van der Waals surface area contributed by atoms with Gasteiger partial charge in [0.15, 0.2) is 0 Å². The van der Waals surface area contributed by atoms with Crippen molar-refractivity contribution in [2.45, 2.75) is 6.10 Å². The summed E-state index contributed by atoms with van der Waals surface area (Å²) in [6.45, 7) is 0.761. The highest BCUT2D eigenvalue weighted by atomic mass is 16.5. The molecule has 4 N–H and O–H groups in total. The van der Waals surface area contributed by atoms with Gasteiger partial charge in [0, 0.05) is 20.8 Å². The molecule has 1 unspecified atom stereocenters. The third kappa shape index (κ3) is 3.21. The maximum atomic E-state index is 11.6. The van der Waals surface area contributed by atoms with Crippen molar-refractivity contribution in [1.29, 1.82) is 0 Å². The van der Waals surface area contributed by atoms with Crippen molar-refractivity contribution in [3.63, 3.8) is 0 Å². The lowest BCUT2D eigenvalue weighted by Crippen LogP contribution is -2.36. The van der Waals surface area contributed by atoms with E-state index < -0.39 is 0 Å². The van der Waals surface area contributed by atoms with Crippen LogP contribution in [0.3, 0.4) is 0 Å². The molecule has 1 aromatic heterocycles. The number of carbonyl (C=O) groups excluding carboxylic acids is 1. The SMILES string of the molecule is COCC(CNC(=O)c1[nH]ncc1N)OC. The number of H-pyrrole nitrogens is 1. The molecule has 0 aliphatic heterocycles. The van der Waals surface area contributed by atoms with Crippen LogP contribution in [0.2, 0.25) is 0 Å². The van der Waals surface area contributed by atoms with Crippen molar-refractivity contribution in [2.24, 2.45) is 0 Å². The standard InChI is InChI=1S/C9H16N4O3/c1-15-5-6(16-2)3-11-9(14)8-7(10)4-12-13-8/h4,6H,3,5,10H2,1-2H3,(H,11,14)(H,12,13). The molecule has 1 aromatic rings. The van der Waals surface area contributed by atoms with Gasteiger partial charge in [-0.3, -0.25) is 9.89 Å². The van der Waals surface area contributed by atoms with Crippen LogP contribution in [0.25, 0.3) is 0 Å². The van der Waals surface area contributed by atoms with Crippen molar-refractivity contribution in [3.8, 4) is 0 Å². The molecule has 0 spiro atoms. The van der Waals surface area contributed by atoms with Gasteiger partial charge in [0.25, 0.3) is 5.91 Å². The van der Waals surface area contributed by atoms with Crippen LogP contribution in [-0.2, 0) is 9.47 Å². The minimum atomic E-state index is -0.312. The number of rotatable bonds is 6. The van der Waals surface area contributed by atoms with E-state index in [1.54, 1.807) is 14.2 Å². The number of anilines is 1. The van der Waals surface area contributed by atoms with E-state index in [4.69, 9.17) is 15.2 Å². The third-order valence-electron chi connectivity index (χ3n) is 2.07. The van der Waals surface area contributed by atoms with Crippen LogP contribution in [-0.4, -0.2) is 49.6 Å². The summed E-state index contributed by atoms with van der Waals surface area (Å²) in [5.74, 6) is -0.312. The number of ether oxygens (including phenoxy) is 2. The molecule has 0 bridgehead atoms. The molecule has 0 radical (unpaired) electrons. The Hall–Kier alpha value is -1.60. The van der Waals surface area contributed by atoms with Gasteiger partial charge in [-0.2, -0.15) is 5.10 Å². The van der Waals surface area contributed by atoms with Crippen LogP contribution < -0.4 is 11.1 Å². The van der Waals surface area contributed by atoms with Crippen LogP contribution in [0.15, 0.2) is 6.20 Å². The van der Waals surface area contributed by atoms with Gasteiger partial charge in [0.2, 0.25) is 0 Å². The van der Waals surface area contributed by atoms with E-state index in [1.165, 1.54) is 6.20 Å². The topological polar surface area (TPSA) is 102 Å². The summed E-state index contributed by atoms with van der Waals surface area (Å²) in [5, 5.41) is 8.85. The van der Waals surface area contributed by atoms with Gasteiger partial charge in [-0.1, -0.05) is 0 Å². The number of hydrogen-bond donors (Lipinski definition) is 3. The van der Waals surface area contributed by atoms with Crippen LogP contribution in [0, 0.1) is 0 Å². The Bertz CT molecular complexity index is 339. The first-order valence-electron chi connectivity index (χ1n) is 4.77. The fourth-order valence-corrected chi connectivity index (χ4v) is 1.17. The largest absolute Gasteiger partial charge is 0.396 e. The summed E-state index contributed by atoms with van der Waals surface area (Å²) in [6, 6.07) is 0. The molecule has 0 aliphatic carbocycles. The van der Waals surface area contributed by atoms with E-state index in [0.29, 0.717) is 18.8 Å². The second kappa shape index (κ2) is 6.09. The minimum Gasteiger partial charge on any atom is -0.396 e. The number of nitrogens with two attached hydrogens (primary N) is 1. The molecular weight excluding hydrogens is 212 g/mol. The molecule has 1 heterocycles. The Morgan fingerprint density at radius 3 is 2.94 bits per heavy atom. The fraction of sp³-hybridized carbons (Fsp3) is 0.556. The molecule has 0 aromatic carbocycles. The quantitative estimate of drug-likeness (QED) is 0.602. The van der Waals surface area contributed by atoms with Gasteiger partial charge in [0.05, 0.1) is 24.6 Å². The number of nitrogens with one attached hydrogen (secondary N) is 2. The predicted octanol–water partition coefficient (Wildman–Crippen LogP) is -0.617. The van der Waals surface area contributed by atoms with E-state index >= 15 is 0 Å². The smallest absolute Gasteiger partial charge is 0.271 e. The van der Waals surface area contributed by atoms with E-state index in [-0.39, 0.29) is 17.7 Å². The maximum Gasteiger partial charge on any atom is 0.271 e. The van der Waals surface area contributed by atoms with Crippen LogP contribution in [0.5, 0.6) is 0 Å². The van der Waals surface area contributed by atoms with Crippen LogP contribution >= 0.6 is 0 Å². The number of carbonyl (C=O) groups is 1. The van der Waals surface area contributed by atoms with Gasteiger partial charge in [-0.15, -0.1) is 0 Å². The number of aromatic nitrogens is 2. The van der Waals surface area contributed by atoms with E-state index in [0.717, 1.165) is 0 Å². The molecular formula is C9H16N4O3. The Kier molecular flexibility index (Phi) is 4.74. The van der Waals surface area contributed by atoms with Crippen molar-refractivity contribution in [2.75, 3.05) is 33.1 Å². The molecule has 0 fully saturated rings. The van der Waals surface area contributed by atoms with Crippen LogP contribution in [0.4, 0.5) is 5.69 Å². The van der Waals surface area contributed by atoms with Crippen molar-refractivity contribution < 1.29 is 14.3 Å². The van der Waals surface area contributed by atoms with Gasteiger partial charge in [0.1, 0.15) is 5.69 Å². The van der Waals surface area contributed by atoms with Crippen molar-refractivity contribution >= 4 is 11.6 Å². The molecule has 7 nitrogen and oxygen atoms in total. The minimum absolute atomic E-state index is 0.182. The highest BCUT2D eigenvalue weighted by Gasteiger charge is 2.13. The Balaban J connectivity index is 2.43. The Morgan fingerprint density at radius 2 is 2.44 bits per heavy atom.